The second-order valence-electron chi connectivity index (χ2n) is 4.07. The number of aryl methyl sites for hydroxylation is 1. The summed E-state index contributed by atoms with van der Waals surface area (Å²) in [4.78, 5) is 18.4. The quantitative estimate of drug-likeness (QED) is 0.457. The lowest BCUT2D eigenvalue weighted by Crippen LogP contribution is -1.97. The number of thioether (sulfide) groups is 1. The highest BCUT2D eigenvalue weighted by molar-refractivity contribution is 8.11. The van der Waals surface area contributed by atoms with E-state index in [1.807, 2.05) is 30.5 Å². The Morgan fingerprint density at radius 3 is 2.84 bits per heavy atom. The van der Waals surface area contributed by atoms with Crippen molar-refractivity contribution in [2.45, 2.75) is 24.3 Å². The largest absolute Gasteiger partial charge is 0.377 e. The maximum atomic E-state index is 10.3. The summed E-state index contributed by atoms with van der Waals surface area (Å²) in [5, 5.41) is 0. The van der Waals surface area contributed by atoms with Crippen molar-refractivity contribution in [1.82, 2.24) is 9.97 Å². The molecule has 0 saturated heterocycles. The van der Waals surface area contributed by atoms with Crippen molar-refractivity contribution in [2.75, 3.05) is 6.61 Å². The second kappa shape index (κ2) is 7.76. The SMILES string of the molecule is O=CSc1ccc(COCCCc2c[nH]cn2)cc1. The highest BCUT2D eigenvalue weighted by Crippen LogP contribution is 2.15. The topological polar surface area (TPSA) is 55.0 Å². The number of carbonyl (C=O) groups excluding carboxylic acids is 1. The van der Waals surface area contributed by atoms with E-state index in [0.29, 0.717) is 6.61 Å². The molecule has 4 nitrogen and oxygen atoms in total. The number of benzene rings is 1. The summed E-state index contributed by atoms with van der Waals surface area (Å²) in [6.07, 6.45) is 5.49. The number of imidazole rings is 1. The summed E-state index contributed by atoms with van der Waals surface area (Å²) in [6.45, 7) is 1.32. The summed E-state index contributed by atoms with van der Waals surface area (Å²) in [7, 11) is 0. The van der Waals surface area contributed by atoms with E-state index in [4.69, 9.17) is 4.74 Å². The molecule has 5 heteroatoms. The number of rotatable bonds is 8. The second-order valence-corrected chi connectivity index (χ2v) is 4.97. The van der Waals surface area contributed by atoms with Crippen molar-refractivity contribution in [1.29, 1.82) is 0 Å². The van der Waals surface area contributed by atoms with Crippen molar-refractivity contribution >= 4 is 17.4 Å². The van der Waals surface area contributed by atoms with Crippen LogP contribution in [0.4, 0.5) is 0 Å². The third kappa shape index (κ3) is 4.89. The van der Waals surface area contributed by atoms with Gasteiger partial charge in [-0.15, -0.1) is 0 Å². The molecule has 0 aliphatic heterocycles. The van der Waals surface area contributed by atoms with Gasteiger partial charge in [0.1, 0.15) is 0 Å². The van der Waals surface area contributed by atoms with Gasteiger partial charge in [0.15, 0.2) is 5.62 Å². The molecule has 0 atom stereocenters. The van der Waals surface area contributed by atoms with Crippen LogP contribution < -0.4 is 0 Å². The summed E-state index contributed by atoms with van der Waals surface area (Å²) < 4.78 is 5.60. The van der Waals surface area contributed by atoms with E-state index in [-0.39, 0.29) is 0 Å². The summed E-state index contributed by atoms with van der Waals surface area (Å²) >= 11 is 1.18. The molecule has 0 amide bonds. The standard InChI is InChI=1S/C14H16N2O2S/c17-11-19-14-5-3-12(4-6-14)9-18-7-1-2-13-8-15-10-16-13/h3-6,8,10-11H,1-2,7,9H2,(H,15,16). The molecule has 0 spiro atoms. The van der Waals surface area contributed by atoms with E-state index in [2.05, 4.69) is 9.97 Å². The maximum absolute atomic E-state index is 10.3. The van der Waals surface area contributed by atoms with Crippen molar-refractivity contribution in [3.63, 3.8) is 0 Å². The number of ether oxygens (including phenoxy) is 1. The normalized spacial score (nSPS) is 10.5. The Kier molecular flexibility index (Phi) is 5.65. The lowest BCUT2D eigenvalue weighted by atomic mass is 10.2. The first-order valence-electron chi connectivity index (χ1n) is 6.13. The molecule has 0 aliphatic rings. The Morgan fingerprint density at radius 2 is 2.16 bits per heavy atom. The fourth-order valence-corrected chi connectivity index (χ4v) is 2.10. The molecule has 19 heavy (non-hydrogen) atoms. The first kappa shape index (κ1) is 13.8. The van der Waals surface area contributed by atoms with Crippen molar-refractivity contribution < 1.29 is 9.53 Å². The average Bonchev–Trinajstić information content (AvgIpc) is 2.94. The van der Waals surface area contributed by atoms with Gasteiger partial charge >= 0.3 is 0 Å². The number of hydrogen-bond acceptors (Lipinski definition) is 4. The summed E-state index contributed by atoms with van der Waals surface area (Å²) in [5.41, 5.74) is 3.02. The van der Waals surface area contributed by atoms with E-state index in [9.17, 15) is 4.79 Å². The van der Waals surface area contributed by atoms with Gasteiger partial charge in [-0.2, -0.15) is 0 Å². The van der Waals surface area contributed by atoms with E-state index in [0.717, 1.165) is 41.2 Å². The monoisotopic (exact) mass is 276 g/mol. The molecular weight excluding hydrogens is 260 g/mol. The molecule has 2 aromatic rings. The smallest absolute Gasteiger partial charge is 0.180 e. The predicted octanol–water partition coefficient (Wildman–Crippen LogP) is 2.84. The van der Waals surface area contributed by atoms with Gasteiger partial charge in [-0.25, -0.2) is 4.98 Å². The number of nitrogens with one attached hydrogen (secondary N) is 1. The van der Waals surface area contributed by atoms with Crippen LogP contribution in [-0.2, 0) is 22.6 Å². The van der Waals surface area contributed by atoms with E-state index in [1.54, 1.807) is 6.33 Å². The zero-order valence-electron chi connectivity index (χ0n) is 10.5. The molecule has 2 rings (SSSR count). The Hall–Kier alpha value is -1.59. The Labute approximate surface area is 116 Å². The van der Waals surface area contributed by atoms with Crippen LogP contribution in [0.5, 0.6) is 0 Å². The van der Waals surface area contributed by atoms with Gasteiger partial charge in [-0.1, -0.05) is 23.9 Å². The average molecular weight is 276 g/mol. The van der Waals surface area contributed by atoms with Gasteiger partial charge in [-0.3, -0.25) is 4.79 Å². The third-order valence-corrected chi connectivity index (χ3v) is 3.29. The van der Waals surface area contributed by atoms with Crippen LogP contribution in [0, 0.1) is 0 Å². The van der Waals surface area contributed by atoms with Crippen LogP contribution in [0.2, 0.25) is 0 Å². The van der Waals surface area contributed by atoms with Crippen LogP contribution >= 0.6 is 11.8 Å². The van der Waals surface area contributed by atoms with Gasteiger partial charge < -0.3 is 9.72 Å². The Balaban J connectivity index is 1.63. The molecule has 100 valence electrons. The summed E-state index contributed by atoms with van der Waals surface area (Å²) in [6, 6.07) is 7.84. The van der Waals surface area contributed by atoms with E-state index < -0.39 is 0 Å². The van der Waals surface area contributed by atoms with Crippen molar-refractivity contribution in [2.24, 2.45) is 0 Å². The lowest BCUT2D eigenvalue weighted by Gasteiger charge is -2.04. The minimum absolute atomic E-state index is 0.604. The predicted molar refractivity (Wildman–Crippen MR) is 75.6 cm³/mol. The zero-order valence-corrected chi connectivity index (χ0v) is 11.4. The van der Waals surface area contributed by atoms with Crippen LogP contribution in [0.3, 0.4) is 0 Å². The molecule has 1 aromatic carbocycles. The van der Waals surface area contributed by atoms with Crippen LogP contribution in [-0.4, -0.2) is 22.2 Å². The first-order valence-corrected chi connectivity index (χ1v) is 7.01. The van der Waals surface area contributed by atoms with Crippen LogP contribution in [0.25, 0.3) is 0 Å². The van der Waals surface area contributed by atoms with Crippen molar-refractivity contribution in [3.05, 3.63) is 48.0 Å². The number of carbonyl (C=O) groups is 1. The maximum Gasteiger partial charge on any atom is 0.180 e. The number of nitrogens with zero attached hydrogens (tertiary/aromatic N) is 1. The molecule has 0 bridgehead atoms. The minimum atomic E-state index is 0.604. The fourth-order valence-electron chi connectivity index (χ4n) is 1.69. The minimum Gasteiger partial charge on any atom is -0.377 e. The Morgan fingerprint density at radius 1 is 1.32 bits per heavy atom. The van der Waals surface area contributed by atoms with Gasteiger partial charge in [0, 0.05) is 17.7 Å². The van der Waals surface area contributed by atoms with Gasteiger partial charge in [0.25, 0.3) is 0 Å². The highest BCUT2D eigenvalue weighted by Gasteiger charge is 1.97. The van der Waals surface area contributed by atoms with Crippen LogP contribution in [0.15, 0.2) is 41.7 Å². The van der Waals surface area contributed by atoms with Gasteiger partial charge in [0.05, 0.1) is 18.6 Å². The zero-order chi connectivity index (χ0) is 13.3. The molecule has 1 N–H and O–H groups in total. The van der Waals surface area contributed by atoms with Crippen molar-refractivity contribution in [3.8, 4) is 0 Å². The molecule has 0 radical (unpaired) electrons. The first-order chi connectivity index (χ1) is 9.38. The van der Waals surface area contributed by atoms with Crippen LogP contribution in [0.1, 0.15) is 17.7 Å². The molecule has 1 aromatic heterocycles. The van der Waals surface area contributed by atoms with E-state index >= 15 is 0 Å². The number of hydrogen-bond donors (Lipinski definition) is 1. The number of aromatic amines is 1. The molecule has 0 unspecified atom stereocenters. The third-order valence-electron chi connectivity index (χ3n) is 2.65. The Bertz CT molecular complexity index is 483. The molecule has 0 saturated carbocycles. The molecule has 0 aliphatic carbocycles. The molecule has 0 fully saturated rings. The lowest BCUT2D eigenvalue weighted by molar-refractivity contribution is 0.118. The van der Waals surface area contributed by atoms with Gasteiger partial charge in [0.2, 0.25) is 0 Å². The molecular formula is C14H16N2O2S. The number of H-pyrrole nitrogens is 1. The van der Waals surface area contributed by atoms with Gasteiger partial charge in [-0.05, 0) is 30.5 Å². The number of aromatic nitrogens is 2. The molecule has 1 heterocycles. The fraction of sp³-hybridized carbons (Fsp3) is 0.286. The summed E-state index contributed by atoms with van der Waals surface area (Å²) in [5.74, 6) is 0. The highest BCUT2D eigenvalue weighted by atomic mass is 32.2. The van der Waals surface area contributed by atoms with E-state index in [1.165, 1.54) is 11.8 Å².